The standard InChI is InChI=1S/C22H26O7/c1-15(23)28-21-19(24)20(27-13-17-10-6-3-7-11-17)18(29-22(21)25)14-26-12-16-8-4-2-5-9-16/h2-11,18-22,24-25H,12-14H2,1H3. The number of carbonyl (C=O) groups excluding carboxylic acids is 1. The number of carbonyl (C=O) groups is 1. The maximum Gasteiger partial charge on any atom is 0.303 e. The number of rotatable bonds is 8. The number of aliphatic hydroxyl groups excluding tert-OH is 2. The van der Waals surface area contributed by atoms with Crippen LogP contribution >= 0.6 is 0 Å². The molecule has 156 valence electrons. The van der Waals surface area contributed by atoms with E-state index in [1.807, 2.05) is 60.7 Å². The van der Waals surface area contributed by atoms with Gasteiger partial charge < -0.3 is 29.2 Å². The summed E-state index contributed by atoms with van der Waals surface area (Å²) in [6, 6.07) is 19.1. The van der Waals surface area contributed by atoms with Crippen LogP contribution in [0.4, 0.5) is 0 Å². The third-order valence-electron chi connectivity index (χ3n) is 4.62. The van der Waals surface area contributed by atoms with Gasteiger partial charge in [0.1, 0.15) is 18.3 Å². The van der Waals surface area contributed by atoms with Gasteiger partial charge in [-0.3, -0.25) is 4.79 Å². The van der Waals surface area contributed by atoms with Crippen LogP contribution in [-0.4, -0.2) is 53.5 Å². The predicted molar refractivity (Wildman–Crippen MR) is 104 cm³/mol. The van der Waals surface area contributed by atoms with Gasteiger partial charge in [0.2, 0.25) is 0 Å². The van der Waals surface area contributed by atoms with E-state index in [-0.39, 0.29) is 13.2 Å². The van der Waals surface area contributed by atoms with Crippen LogP contribution in [0.5, 0.6) is 0 Å². The van der Waals surface area contributed by atoms with Crippen molar-refractivity contribution in [2.24, 2.45) is 0 Å². The Morgan fingerprint density at radius 3 is 2.10 bits per heavy atom. The Balaban J connectivity index is 1.66. The molecule has 5 unspecified atom stereocenters. The van der Waals surface area contributed by atoms with Gasteiger partial charge in [-0.05, 0) is 11.1 Å². The summed E-state index contributed by atoms with van der Waals surface area (Å²) in [4.78, 5) is 11.3. The molecular formula is C22H26O7. The molecule has 2 aromatic rings. The van der Waals surface area contributed by atoms with Gasteiger partial charge in [0.15, 0.2) is 12.4 Å². The van der Waals surface area contributed by atoms with E-state index < -0.39 is 36.7 Å². The molecule has 0 aliphatic carbocycles. The summed E-state index contributed by atoms with van der Waals surface area (Å²) in [6.45, 7) is 1.87. The van der Waals surface area contributed by atoms with Gasteiger partial charge in [-0.25, -0.2) is 0 Å². The van der Waals surface area contributed by atoms with Crippen molar-refractivity contribution in [2.75, 3.05) is 6.61 Å². The molecule has 0 spiro atoms. The lowest BCUT2D eigenvalue weighted by atomic mass is 9.98. The number of benzene rings is 2. The van der Waals surface area contributed by atoms with Crippen LogP contribution in [0.2, 0.25) is 0 Å². The zero-order valence-electron chi connectivity index (χ0n) is 16.2. The van der Waals surface area contributed by atoms with Crippen LogP contribution < -0.4 is 0 Å². The second kappa shape index (κ2) is 10.5. The summed E-state index contributed by atoms with van der Waals surface area (Å²) < 4.78 is 22.2. The molecule has 7 heteroatoms. The first-order valence-corrected chi connectivity index (χ1v) is 9.50. The molecular weight excluding hydrogens is 376 g/mol. The van der Waals surface area contributed by atoms with Crippen molar-refractivity contribution < 1.29 is 34.0 Å². The summed E-state index contributed by atoms with van der Waals surface area (Å²) in [5, 5.41) is 20.9. The summed E-state index contributed by atoms with van der Waals surface area (Å²) in [7, 11) is 0. The van der Waals surface area contributed by atoms with E-state index >= 15 is 0 Å². The van der Waals surface area contributed by atoms with E-state index in [0.29, 0.717) is 6.61 Å². The van der Waals surface area contributed by atoms with Crippen molar-refractivity contribution in [3.05, 3.63) is 71.8 Å². The molecule has 1 aliphatic rings. The summed E-state index contributed by atoms with van der Waals surface area (Å²) >= 11 is 0. The van der Waals surface area contributed by atoms with E-state index in [1.54, 1.807) is 0 Å². The first-order valence-electron chi connectivity index (χ1n) is 9.50. The summed E-state index contributed by atoms with van der Waals surface area (Å²) in [5.41, 5.74) is 1.91. The second-order valence-electron chi connectivity index (χ2n) is 6.89. The normalized spacial score (nSPS) is 26.8. The third-order valence-corrected chi connectivity index (χ3v) is 4.62. The highest BCUT2D eigenvalue weighted by atomic mass is 16.7. The Morgan fingerprint density at radius 2 is 1.52 bits per heavy atom. The summed E-state index contributed by atoms with van der Waals surface area (Å²) in [6.07, 6.45) is -5.57. The molecule has 2 aromatic carbocycles. The van der Waals surface area contributed by atoms with E-state index in [9.17, 15) is 15.0 Å². The highest BCUT2D eigenvalue weighted by molar-refractivity contribution is 5.66. The summed E-state index contributed by atoms with van der Waals surface area (Å²) in [5.74, 6) is -0.628. The van der Waals surface area contributed by atoms with Crippen molar-refractivity contribution in [3.8, 4) is 0 Å². The molecule has 0 bridgehead atoms. The molecule has 0 aromatic heterocycles. The number of hydrogen-bond acceptors (Lipinski definition) is 7. The minimum Gasteiger partial charge on any atom is -0.454 e. The van der Waals surface area contributed by atoms with E-state index in [4.69, 9.17) is 18.9 Å². The van der Waals surface area contributed by atoms with Gasteiger partial charge in [0.25, 0.3) is 0 Å². The molecule has 7 nitrogen and oxygen atoms in total. The van der Waals surface area contributed by atoms with Gasteiger partial charge in [-0.2, -0.15) is 0 Å². The van der Waals surface area contributed by atoms with E-state index in [2.05, 4.69) is 0 Å². The Labute approximate surface area is 169 Å². The van der Waals surface area contributed by atoms with E-state index in [1.165, 1.54) is 6.92 Å². The average molecular weight is 402 g/mol. The van der Waals surface area contributed by atoms with Crippen LogP contribution in [0.1, 0.15) is 18.1 Å². The largest absolute Gasteiger partial charge is 0.454 e. The molecule has 3 rings (SSSR count). The van der Waals surface area contributed by atoms with Gasteiger partial charge in [0.05, 0.1) is 19.8 Å². The van der Waals surface area contributed by atoms with Crippen molar-refractivity contribution >= 4 is 5.97 Å². The van der Waals surface area contributed by atoms with Crippen LogP contribution in [-0.2, 0) is 37.0 Å². The Hall–Kier alpha value is -2.29. The van der Waals surface area contributed by atoms with Gasteiger partial charge >= 0.3 is 5.97 Å². The molecule has 29 heavy (non-hydrogen) atoms. The maximum absolute atomic E-state index is 11.3. The lowest BCUT2D eigenvalue weighted by molar-refractivity contribution is -0.301. The first-order chi connectivity index (χ1) is 14.0. The minimum absolute atomic E-state index is 0.0925. The molecule has 2 N–H and O–H groups in total. The fraction of sp³-hybridized carbons (Fsp3) is 0.409. The van der Waals surface area contributed by atoms with Gasteiger partial charge in [-0.15, -0.1) is 0 Å². The van der Waals surface area contributed by atoms with Crippen LogP contribution in [0.3, 0.4) is 0 Å². The second-order valence-corrected chi connectivity index (χ2v) is 6.89. The van der Waals surface area contributed by atoms with E-state index in [0.717, 1.165) is 11.1 Å². The van der Waals surface area contributed by atoms with Crippen LogP contribution in [0, 0.1) is 0 Å². The monoisotopic (exact) mass is 402 g/mol. The quantitative estimate of drug-likeness (QED) is 0.650. The van der Waals surface area contributed by atoms with Crippen molar-refractivity contribution in [3.63, 3.8) is 0 Å². The molecule has 1 heterocycles. The Kier molecular flexibility index (Phi) is 7.74. The van der Waals surface area contributed by atoms with Gasteiger partial charge in [0, 0.05) is 6.92 Å². The van der Waals surface area contributed by atoms with Crippen molar-refractivity contribution in [1.29, 1.82) is 0 Å². The lowest BCUT2D eigenvalue weighted by Crippen LogP contribution is -2.60. The highest BCUT2D eigenvalue weighted by Crippen LogP contribution is 2.26. The number of hydrogen-bond donors (Lipinski definition) is 2. The van der Waals surface area contributed by atoms with Crippen LogP contribution in [0.25, 0.3) is 0 Å². The zero-order valence-corrected chi connectivity index (χ0v) is 16.2. The topological polar surface area (TPSA) is 94.5 Å². The fourth-order valence-electron chi connectivity index (χ4n) is 3.20. The highest BCUT2D eigenvalue weighted by Gasteiger charge is 2.47. The zero-order chi connectivity index (χ0) is 20.6. The Bertz CT molecular complexity index is 752. The molecule has 1 fully saturated rings. The lowest BCUT2D eigenvalue weighted by Gasteiger charge is -2.41. The molecule has 1 saturated heterocycles. The minimum atomic E-state index is -1.48. The maximum atomic E-state index is 11.3. The number of ether oxygens (including phenoxy) is 4. The first kappa shape index (κ1) is 21.4. The fourth-order valence-corrected chi connectivity index (χ4v) is 3.20. The molecule has 5 atom stereocenters. The average Bonchev–Trinajstić information content (AvgIpc) is 2.72. The molecule has 1 aliphatic heterocycles. The molecule has 0 saturated carbocycles. The third kappa shape index (κ3) is 6.09. The molecule has 0 radical (unpaired) electrons. The Morgan fingerprint density at radius 1 is 0.931 bits per heavy atom. The smallest absolute Gasteiger partial charge is 0.303 e. The van der Waals surface area contributed by atoms with Crippen LogP contribution in [0.15, 0.2) is 60.7 Å². The van der Waals surface area contributed by atoms with Crippen molar-refractivity contribution in [2.45, 2.75) is 50.8 Å². The predicted octanol–water partition coefficient (Wildman–Crippen LogP) is 1.80. The molecule has 0 amide bonds. The number of aliphatic hydroxyl groups is 2. The van der Waals surface area contributed by atoms with Crippen molar-refractivity contribution in [1.82, 2.24) is 0 Å². The van der Waals surface area contributed by atoms with Gasteiger partial charge in [-0.1, -0.05) is 60.7 Å². The SMILES string of the molecule is CC(=O)OC1C(O)OC(COCc2ccccc2)C(OCc2ccccc2)C1O. The number of esters is 1.